The highest BCUT2D eigenvalue weighted by atomic mass is 32.1. The second kappa shape index (κ2) is 8.65. The maximum atomic E-state index is 11.7. The summed E-state index contributed by atoms with van der Waals surface area (Å²) in [6.07, 6.45) is 2.82. The van der Waals surface area contributed by atoms with Gasteiger partial charge in [0.2, 0.25) is 10.5 Å². The molecule has 0 fully saturated rings. The summed E-state index contributed by atoms with van der Waals surface area (Å²) in [5, 5.41) is 22.1. The van der Waals surface area contributed by atoms with E-state index in [4.69, 9.17) is 21.7 Å². The van der Waals surface area contributed by atoms with E-state index in [2.05, 4.69) is 15.3 Å². The van der Waals surface area contributed by atoms with Crippen LogP contribution in [0.15, 0.2) is 41.8 Å². The lowest BCUT2D eigenvalue weighted by Crippen LogP contribution is -2.04. The maximum absolute atomic E-state index is 11.7. The highest BCUT2D eigenvalue weighted by molar-refractivity contribution is 7.71. The van der Waals surface area contributed by atoms with Gasteiger partial charge >= 0.3 is 5.69 Å². The molecule has 0 aliphatic rings. The Morgan fingerprint density at radius 3 is 2.79 bits per heavy atom. The van der Waals surface area contributed by atoms with Crippen molar-refractivity contribution in [2.45, 2.75) is 20.5 Å². The standard InChI is InChI=1S/C19H19N5O4S/c1-12-4-5-13(2)15(6-12)10-28-18-16(24(25)26)7-14(8-17(18)27-3)9-21-23-11-20-22-19(23)29/h4-9,11H,10H2,1-3H3,(H,22,29)/b21-9-. The molecule has 2 aromatic carbocycles. The molecule has 0 atom stereocenters. The van der Waals surface area contributed by atoms with E-state index in [1.165, 1.54) is 30.4 Å². The molecule has 0 unspecified atom stereocenters. The molecule has 0 aliphatic heterocycles. The van der Waals surface area contributed by atoms with Gasteiger partial charge in [0.25, 0.3) is 0 Å². The van der Waals surface area contributed by atoms with Crippen LogP contribution in [-0.4, -0.2) is 33.1 Å². The summed E-state index contributed by atoms with van der Waals surface area (Å²) in [6, 6.07) is 8.96. The average Bonchev–Trinajstić information content (AvgIpc) is 3.11. The van der Waals surface area contributed by atoms with Gasteiger partial charge in [-0.15, -0.1) is 0 Å². The third-order valence-corrected chi connectivity index (χ3v) is 4.50. The van der Waals surface area contributed by atoms with Gasteiger partial charge in [-0.2, -0.15) is 14.9 Å². The van der Waals surface area contributed by atoms with Gasteiger partial charge in [0.15, 0.2) is 5.75 Å². The van der Waals surface area contributed by atoms with E-state index in [1.54, 1.807) is 6.07 Å². The zero-order valence-electron chi connectivity index (χ0n) is 16.1. The van der Waals surface area contributed by atoms with Gasteiger partial charge in [-0.3, -0.25) is 15.2 Å². The van der Waals surface area contributed by atoms with Crippen LogP contribution < -0.4 is 9.47 Å². The molecule has 3 rings (SSSR count). The van der Waals surface area contributed by atoms with E-state index < -0.39 is 4.92 Å². The molecule has 1 aromatic heterocycles. The first-order valence-corrected chi connectivity index (χ1v) is 9.01. The van der Waals surface area contributed by atoms with Crippen LogP contribution in [0.2, 0.25) is 0 Å². The second-order valence-corrected chi connectivity index (χ2v) is 6.68. The Kier molecular flexibility index (Phi) is 6.03. The van der Waals surface area contributed by atoms with E-state index in [0.29, 0.717) is 10.3 Å². The van der Waals surface area contributed by atoms with E-state index in [0.717, 1.165) is 16.7 Å². The normalized spacial score (nSPS) is 11.0. The molecule has 9 nitrogen and oxygen atoms in total. The van der Waals surface area contributed by atoms with Crippen LogP contribution in [0.1, 0.15) is 22.3 Å². The van der Waals surface area contributed by atoms with E-state index in [-0.39, 0.29) is 23.8 Å². The van der Waals surface area contributed by atoms with Crippen molar-refractivity contribution >= 4 is 24.1 Å². The second-order valence-electron chi connectivity index (χ2n) is 6.30. The number of rotatable bonds is 7. The molecule has 0 saturated carbocycles. The Balaban J connectivity index is 1.95. The number of aryl methyl sites for hydroxylation is 2. The third kappa shape index (κ3) is 4.66. The van der Waals surface area contributed by atoms with Gasteiger partial charge in [-0.05, 0) is 43.3 Å². The van der Waals surface area contributed by atoms with Crippen LogP contribution >= 0.6 is 12.2 Å². The van der Waals surface area contributed by atoms with Crippen LogP contribution in [0.25, 0.3) is 0 Å². The molecule has 0 amide bonds. The van der Waals surface area contributed by atoms with Gasteiger partial charge in [0.05, 0.1) is 18.2 Å². The first kappa shape index (κ1) is 20.2. The Hall–Kier alpha value is -3.53. The summed E-state index contributed by atoms with van der Waals surface area (Å²) >= 11 is 5.02. The minimum absolute atomic E-state index is 0.0653. The first-order valence-electron chi connectivity index (χ1n) is 8.60. The number of nitrogens with zero attached hydrogens (tertiary/aromatic N) is 4. The molecular formula is C19H19N5O4S. The molecule has 150 valence electrons. The van der Waals surface area contributed by atoms with E-state index in [1.807, 2.05) is 32.0 Å². The fraction of sp³-hybridized carbons (Fsp3) is 0.211. The lowest BCUT2D eigenvalue weighted by molar-refractivity contribution is -0.386. The van der Waals surface area contributed by atoms with Crippen molar-refractivity contribution in [1.82, 2.24) is 14.9 Å². The number of H-pyrrole nitrogens is 1. The summed E-state index contributed by atoms with van der Waals surface area (Å²) in [5.74, 6) is 0.303. The Labute approximate surface area is 171 Å². The number of aromatic amines is 1. The smallest absolute Gasteiger partial charge is 0.315 e. The fourth-order valence-corrected chi connectivity index (χ4v) is 2.82. The predicted molar refractivity (Wildman–Crippen MR) is 110 cm³/mol. The zero-order valence-corrected chi connectivity index (χ0v) is 16.9. The number of ether oxygens (including phenoxy) is 2. The summed E-state index contributed by atoms with van der Waals surface area (Å²) < 4.78 is 12.8. The minimum Gasteiger partial charge on any atom is -0.493 e. The molecule has 3 aromatic rings. The largest absolute Gasteiger partial charge is 0.493 e. The Morgan fingerprint density at radius 1 is 1.34 bits per heavy atom. The van der Waals surface area contributed by atoms with Gasteiger partial charge in [-0.1, -0.05) is 23.8 Å². The lowest BCUT2D eigenvalue weighted by Gasteiger charge is -2.13. The van der Waals surface area contributed by atoms with Crippen molar-refractivity contribution in [3.63, 3.8) is 0 Å². The molecule has 1 N–H and O–H groups in total. The average molecular weight is 413 g/mol. The SMILES string of the molecule is COc1cc(/C=N\n2cn[nH]c2=S)cc([N+](=O)[O-])c1OCc1cc(C)ccc1C. The number of nitro benzene ring substituents is 1. The number of benzene rings is 2. The molecule has 0 bridgehead atoms. The summed E-state index contributed by atoms with van der Waals surface area (Å²) in [6.45, 7) is 4.12. The van der Waals surface area contributed by atoms with Crippen molar-refractivity contribution in [3.05, 3.63) is 73.8 Å². The van der Waals surface area contributed by atoms with Crippen molar-refractivity contribution in [2.24, 2.45) is 5.10 Å². The molecule has 0 saturated heterocycles. The molecule has 0 radical (unpaired) electrons. The van der Waals surface area contributed by atoms with E-state index in [9.17, 15) is 10.1 Å². The van der Waals surface area contributed by atoms with Crippen molar-refractivity contribution < 1.29 is 14.4 Å². The molecule has 10 heteroatoms. The Morgan fingerprint density at radius 2 is 2.14 bits per heavy atom. The Bertz CT molecular complexity index is 1140. The van der Waals surface area contributed by atoms with Gasteiger partial charge in [-0.25, -0.2) is 0 Å². The fourth-order valence-electron chi connectivity index (χ4n) is 2.67. The summed E-state index contributed by atoms with van der Waals surface area (Å²) in [7, 11) is 1.43. The highest BCUT2D eigenvalue weighted by Crippen LogP contribution is 2.38. The molecule has 1 heterocycles. The van der Waals surface area contributed by atoms with Crippen LogP contribution in [0.5, 0.6) is 11.5 Å². The number of hydrogen-bond donors (Lipinski definition) is 1. The van der Waals surface area contributed by atoms with Crippen molar-refractivity contribution in [1.29, 1.82) is 0 Å². The first-order chi connectivity index (χ1) is 13.9. The predicted octanol–water partition coefficient (Wildman–Crippen LogP) is 3.94. The monoisotopic (exact) mass is 413 g/mol. The van der Waals surface area contributed by atoms with Gasteiger partial charge in [0, 0.05) is 11.6 Å². The third-order valence-electron chi connectivity index (χ3n) is 4.22. The maximum Gasteiger partial charge on any atom is 0.315 e. The number of methoxy groups -OCH3 is 1. The number of nitro groups is 1. The molecule has 0 aliphatic carbocycles. The van der Waals surface area contributed by atoms with Crippen molar-refractivity contribution in [3.8, 4) is 11.5 Å². The van der Waals surface area contributed by atoms with Crippen LogP contribution in [-0.2, 0) is 6.61 Å². The minimum atomic E-state index is -0.512. The quantitative estimate of drug-likeness (QED) is 0.272. The highest BCUT2D eigenvalue weighted by Gasteiger charge is 2.22. The number of nitrogens with one attached hydrogen (secondary N) is 1. The lowest BCUT2D eigenvalue weighted by atomic mass is 10.1. The zero-order chi connectivity index (χ0) is 21.0. The topological polar surface area (TPSA) is 108 Å². The molecular weight excluding hydrogens is 394 g/mol. The molecule has 0 spiro atoms. The van der Waals surface area contributed by atoms with Gasteiger partial charge in [0.1, 0.15) is 12.9 Å². The van der Waals surface area contributed by atoms with E-state index >= 15 is 0 Å². The number of aromatic nitrogens is 3. The van der Waals surface area contributed by atoms with Crippen molar-refractivity contribution in [2.75, 3.05) is 7.11 Å². The summed E-state index contributed by atoms with van der Waals surface area (Å²) in [4.78, 5) is 11.1. The van der Waals surface area contributed by atoms with Gasteiger partial charge < -0.3 is 9.47 Å². The number of hydrogen-bond acceptors (Lipinski definition) is 7. The summed E-state index contributed by atoms with van der Waals surface area (Å²) in [5.41, 5.74) is 3.31. The van der Waals surface area contributed by atoms with Crippen LogP contribution in [0, 0.1) is 28.7 Å². The molecule has 29 heavy (non-hydrogen) atoms. The van der Waals surface area contributed by atoms with Crippen LogP contribution in [0.3, 0.4) is 0 Å². The van der Waals surface area contributed by atoms with Crippen LogP contribution in [0.4, 0.5) is 5.69 Å².